The smallest absolute Gasteiger partial charge is 0.242 e. The third kappa shape index (κ3) is 6.66. The number of piperidine rings is 1. The van der Waals surface area contributed by atoms with Crippen LogP contribution in [0, 0.1) is 5.92 Å². The fourth-order valence-corrected chi connectivity index (χ4v) is 2.45. The summed E-state index contributed by atoms with van der Waals surface area (Å²) in [6.45, 7) is 7.50. The topological polar surface area (TPSA) is 61.4 Å². The Morgan fingerprint density at radius 2 is 1.95 bits per heavy atom. The van der Waals surface area contributed by atoms with E-state index in [9.17, 15) is 9.59 Å². The molecule has 1 fully saturated rings. The highest BCUT2D eigenvalue weighted by Gasteiger charge is 2.31. The van der Waals surface area contributed by atoms with Crippen molar-refractivity contribution in [3.05, 3.63) is 0 Å². The third-order valence-corrected chi connectivity index (χ3v) is 3.81. The number of likely N-dealkylation sites (N-methyl/N-ethyl adjacent to an activating group) is 1. The first kappa shape index (κ1) is 20.2. The molecule has 1 saturated heterocycles. The van der Waals surface area contributed by atoms with Gasteiger partial charge in [0, 0.05) is 25.6 Å². The standard InChI is InChI=1S/C15H29N3O2.ClH/c1-11(2)9-13(15(20)17-10-12(3)16-4)18-8-6-5-7-14(18)19;/h11-13,16H,5-10H2,1-4H3,(H,17,20);1H. The predicted molar refractivity (Wildman–Crippen MR) is 87.6 cm³/mol. The van der Waals surface area contributed by atoms with Crippen LogP contribution in [0.3, 0.4) is 0 Å². The molecule has 1 heterocycles. The fraction of sp³-hybridized carbons (Fsp3) is 0.867. The van der Waals surface area contributed by atoms with Gasteiger partial charge >= 0.3 is 0 Å². The summed E-state index contributed by atoms with van der Waals surface area (Å²) in [6.07, 6.45) is 3.25. The molecule has 21 heavy (non-hydrogen) atoms. The third-order valence-electron chi connectivity index (χ3n) is 3.81. The van der Waals surface area contributed by atoms with Crippen LogP contribution in [0.5, 0.6) is 0 Å². The quantitative estimate of drug-likeness (QED) is 0.748. The van der Waals surface area contributed by atoms with Crippen LogP contribution < -0.4 is 10.6 Å². The number of carbonyl (C=O) groups excluding carboxylic acids is 2. The highest BCUT2D eigenvalue weighted by molar-refractivity contribution is 5.88. The van der Waals surface area contributed by atoms with Gasteiger partial charge in [0.1, 0.15) is 6.04 Å². The maximum Gasteiger partial charge on any atom is 0.242 e. The van der Waals surface area contributed by atoms with Crippen molar-refractivity contribution in [2.45, 2.75) is 58.5 Å². The molecule has 5 nitrogen and oxygen atoms in total. The largest absolute Gasteiger partial charge is 0.353 e. The van der Waals surface area contributed by atoms with E-state index in [1.54, 1.807) is 4.90 Å². The van der Waals surface area contributed by atoms with E-state index in [0.29, 0.717) is 25.4 Å². The lowest BCUT2D eigenvalue weighted by molar-refractivity contribution is -0.143. The zero-order valence-corrected chi connectivity index (χ0v) is 14.5. The van der Waals surface area contributed by atoms with Crippen LogP contribution in [0.25, 0.3) is 0 Å². The van der Waals surface area contributed by atoms with E-state index in [0.717, 1.165) is 19.3 Å². The van der Waals surface area contributed by atoms with Gasteiger partial charge in [-0.2, -0.15) is 0 Å². The fourth-order valence-electron chi connectivity index (χ4n) is 2.45. The molecule has 0 bridgehead atoms. The first-order valence-electron chi connectivity index (χ1n) is 7.70. The van der Waals surface area contributed by atoms with Crippen LogP contribution in [0.15, 0.2) is 0 Å². The van der Waals surface area contributed by atoms with Gasteiger partial charge in [0.25, 0.3) is 0 Å². The number of nitrogens with zero attached hydrogens (tertiary/aromatic N) is 1. The molecular weight excluding hydrogens is 290 g/mol. The second kappa shape index (κ2) is 10.0. The molecule has 1 aliphatic rings. The summed E-state index contributed by atoms with van der Waals surface area (Å²) in [7, 11) is 1.87. The number of rotatable bonds is 7. The molecule has 6 heteroatoms. The minimum Gasteiger partial charge on any atom is -0.353 e. The number of amides is 2. The molecule has 0 saturated carbocycles. The van der Waals surface area contributed by atoms with Crippen LogP contribution in [0.2, 0.25) is 0 Å². The monoisotopic (exact) mass is 319 g/mol. The Morgan fingerprint density at radius 1 is 1.29 bits per heavy atom. The van der Waals surface area contributed by atoms with Crippen LogP contribution >= 0.6 is 12.4 Å². The van der Waals surface area contributed by atoms with E-state index < -0.39 is 0 Å². The highest BCUT2D eigenvalue weighted by Crippen LogP contribution is 2.19. The van der Waals surface area contributed by atoms with Crippen molar-refractivity contribution in [2.24, 2.45) is 5.92 Å². The maximum absolute atomic E-state index is 12.4. The van der Waals surface area contributed by atoms with Gasteiger partial charge in [-0.1, -0.05) is 13.8 Å². The SMILES string of the molecule is CNC(C)CNC(=O)C(CC(C)C)N1CCCCC1=O.Cl. The Hall–Kier alpha value is -0.810. The van der Waals surface area contributed by atoms with E-state index in [-0.39, 0.29) is 36.3 Å². The molecule has 1 rings (SSSR count). The summed E-state index contributed by atoms with van der Waals surface area (Å²) in [5.41, 5.74) is 0. The number of carbonyl (C=O) groups is 2. The number of nitrogens with one attached hydrogen (secondary N) is 2. The molecule has 1 aliphatic heterocycles. The van der Waals surface area contributed by atoms with Crippen molar-refractivity contribution in [1.29, 1.82) is 0 Å². The van der Waals surface area contributed by atoms with Gasteiger partial charge in [-0.15, -0.1) is 12.4 Å². The van der Waals surface area contributed by atoms with Gasteiger partial charge in [-0.3, -0.25) is 9.59 Å². The average molecular weight is 320 g/mol. The summed E-state index contributed by atoms with van der Waals surface area (Å²) in [4.78, 5) is 26.2. The molecule has 0 aromatic rings. The highest BCUT2D eigenvalue weighted by atomic mass is 35.5. The minimum atomic E-state index is -0.313. The molecule has 0 aliphatic carbocycles. The zero-order valence-electron chi connectivity index (χ0n) is 13.6. The van der Waals surface area contributed by atoms with Crippen molar-refractivity contribution in [3.63, 3.8) is 0 Å². The zero-order chi connectivity index (χ0) is 15.1. The number of likely N-dealkylation sites (tertiary alicyclic amines) is 1. The Morgan fingerprint density at radius 3 is 2.48 bits per heavy atom. The van der Waals surface area contributed by atoms with Gasteiger partial charge < -0.3 is 15.5 Å². The molecule has 0 radical (unpaired) electrons. The van der Waals surface area contributed by atoms with E-state index in [2.05, 4.69) is 24.5 Å². The van der Waals surface area contributed by atoms with Gasteiger partial charge in [0.15, 0.2) is 0 Å². The molecule has 2 atom stereocenters. The summed E-state index contributed by atoms with van der Waals surface area (Å²) < 4.78 is 0. The summed E-state index contributed by atoms with van der Waals surface area (Å²) in [6, 6.07) is -0.0810. The minimum absolute atomic E-state index is 0. The van der Waals surface area contributed by atoms with E-state index in [4.69, 9.17) is 0 Å². The van der Waals surface area contributed by atoms with Crippen molar-refractivity contribution >= 4 is 24.2 Å². The predicted octanol–water partition coefficient (Wildman–Crippen LogP) is 1.56. The summed E-state index contributed by atoms with van der Waals surface area (Å²) >= 11 is 0. The van der Waals surface area contributed by atoms with Crippen molar-refractivity contribution in [3.8, 4) is 0 Å². The molecule has 2 amide bonds. The molecule has 0 aromatic heterocycles. The molecule has 0 spiro atoms. The van der Waals surface area contributed by atoms with Gasteiger partial charge in [-0.25, -0.2) is 0 Å². The first-order valence-corrected chi connectivity index (χ1v) is 7.70. The Labute approximate surface area is 134 Å². The Kier molecular flexibility index (Phi) is 9.62. The first-order chi connectivity index (χ1) is 9.45. The molecule has 124 valence electrons. The van der Waals surface area contributed by atoms with Crippen LogP contribution in [-0.4, -0.2) is 48.9 Å². The van der Waals surface area contributed by atoms with Gasteiger partial charge in [0.05, 0.1) is 0 Å². The lowest BCUT2D eigenvalue weighted by Gasteiger charge is -2.34. The average Bonchev–Trinajstić information content (AvgIpc) is 2.42. The van der Waals surface area contributed by atoms with Gasteiger partial charge in [0.2, 0.25) is 11.8 Å². The molecule has 2 unspecified atom stereocenters. The molecule has 0 aromatic carbocycles. The summed E-state index contributed by atoms with van der Waals surface area (Å²) in [5.74, 6) is 0.497. The van der Waals surface area contributed by atoms with Gasteiger partial charge in [-0.05, 0) is 39.2 Å². The van der Waals surface area contributed by atoms with E-state index >= 15 is 0 Å². The normalized spacial score (nSPS) is 18.1. The van der Waals surface area contributed by atoms with E-state index in [1.807, 2.05) is 14.0 Å². The second-order valence-electron chi connectivity index (χ2n) is 6.12. The lowest BCUT2D eigenvalue weighted by Crippen LogP contribution is -2.53. The second-order valence-corrected chi connectivity index (χ2v) is 6.12. The van der Waals surface area contributed by atoms with Crippen LogP contribution in [-0.2, 0) is 9.59 Å². The van der Waals surface area contributed by atoms with Crippen LogP contribution in [0.1, 0.15) is 46.5 Å². The summed E-state index contributed by atoms with van der Waals surface area (Å²) in [5, 5.41) is 6.05. The molecule has 2 N–H and O–H groups in total. The van der Waals surface area contributed by atoms with Crippen molar-refractivity contribution < 1.29 is 9.59 Å². The van der Waals surface area contributed by atoms with E-state index in [1.165, 1.54) is 0 Å². The number of hydrogen-bond donors (Lipinski definition) is 2. The lowest BCUT2D eigenvalue weighted by atomic mass is 9.98. The maximum atomic E-state index is 12.4. The van der Waals surface area contributed by atoms with Crippen LogP contribution in [0.4, 0.5) is 0 Å². The Balaban J connectivity index is 0.00000400. The number of hydrogen-bond acceptors (Lipinski definition) is 3. The Bertz CT molecular complexity index is 337. The molecular formula is C15H30ClN3O2. The number of halogens is 1. The van der Waals surface area contributed by atoms with Crippen molar-refractivity contribution in [1.82, 2.24) is 15.5 Å². The van der Waals surface area contributed by atoms with Crippen molar-refractivity contribution in [2.75, 3.05) is 20.1 Å².